The van der Waals surface area contributed by atoms with Crippen molar-refractivity contribution in [1.29, 1.82) is 0 Å². The molecule has 0 N–H and O–H groups in total. The quantitative estimate of drug-likeness (QED) is 0.186. The van der Waals surface area contributed by atoms with Gasteiger partial charge in [-0.25, -0.2) is 14.4 Å². The van der Waals surface area contributed by atoms with Crippen LogP contribution in [0.3, 0.4) is 0 Å². The number of benzene rings is 1. The molecule has 3 heterocycles. The summed E-state index contributed by atoms with van der Waals surface area (Å²) in [5.74, 6) is 0.621. The highest BCUT2D eigenvalue weighted by Gasteiger charge is 2.19. The molecule has 1 unspecified atom stereocenters. The first-order valence-electron chi connectivity index (χ1n) is 9.39. The average Bonchev–Trinajstić information content (AvgIpc) is 3.22. The largest absolute Gasteiger partial charge is 0.260 e. The number of hydrogen-bond donors (Lipinski definition) is 0. The molecule has 0 spiro atoms. The molecular weight excluding hydrogens is 487 g/mol. The molecule has 0 aliphatic heterocycles. The van der Waals surface area contributed by atoms with Crippen molar-refractivity contribution in [2.75, 3.05) is 4.42 Å². The number of rotatable bonds is 7. The third kappa shape index (κ3) is 5.54. The Hall–Kier alpha value is -1.77. The van der Waals surface area contributed by atoms with Crippen molar-refractivity contribution < 1.29 is 0 Å². The van der Waals surface area contributed by atoms with Crippen molar-refractivity contribution in [3.8, 4) is 0 Å². The lowest BCUT2D eigenvalue weighted by molar-refractivity contribution is 1.00. The van der Waals surface area contributed by atoms with Crippen LogP contribution < -0.4 is 4.42 Å². The van der Waals surface area contributed by atoms with E-state index in [0.29, 0.717) is 16.0 Å². The average molecular weight is 506 g/mol. The summed E-state index contributed by atoms with van der Waals surface area (Å²) in [6, 6.07) is 15.8. The molecule has 3 aromatic heterocycles. The van der Waals surface area contributed by atoms with Gasteiger partial charge in [-0.05, 0) is 44.2 Å². The number of halogens is 2. The van der Waals surface area contributed by atoms with Crippen LogP contribution in [-0.4, -0.2) is 15.0 Å². The van der Waals surface area contributed by atoms with Crippen LogP contribution >= 0.6 is 58.2 Å². The number of pyridine rings is 2. The van der Waals surface area contributed by atoms with Gasteiger partial charge < -0.3 is 0 Å². The molecule has 0 fully saturated rings. The monoisotopic (exact) mass is 504 g/mol. The molecule has 4 nitrogen and oxygen atoms in total. The second-order valence-electron chi connectivity index (χ2n) is 6.59. The summed E-state index contributed by atoms with van der Waals surface area (Å²) in [6.45, 7) is 4.07. The van der Waals surface area contributed by atoms with Gasteiger partial charge in [-0.1, -0.05) is 41.6 Å². The molecular formula is C22H18Cl2N4S3. The third-order valence-corrected chi connectivity index (χ3v) is 8.23. The van der Waals surface area contributed by atoms with E-state index >= 15 is 0 Å². The van der Waals surface area contributed by atoms with Crippen LogP contribution in [0.4, 0.5) is 10.9 Å². The maximum atomic E-state index is 6.67. The van der Waals surface area contributed by atoms with E-state index < -0.39 is 0 Å². The maximum Gasteiger partial charge on any atom is 0.206 e. The van der Waals surface area contributed by atoms with Crippen LogP contribution in [0.1, 0.15) is 23.6 Å². The van der Waals surface area contributed by atoms with E-state index in [1.807, 2.05) is 67.2 Å². The Kier molecular flexibility index (Phi) is 7.40. The first-order valence-corrected chi connectivity index (χ1v) is 12.7. The molecule has 9 heteroatoms. The number of hydrogen-bond acceptors (Lipinski definition) is 7. The van der Waals surface area contributed by atoms with Gasteiger partial charge in [0.25, 0.3) is 0 Å². The van der Waals surface area contributed by atoms with E-state index in [0.717, 1.165) is 26.1 Å². The Morgan fingerprint density at radius 1 is 1.06 bits per heavy atom. The van der Waals surface area contributed by atoms with Crippen LogP contribution in [0, 0.1) is 6.92 Å². The molecule has 31 heavy (non-hydrogen) atoms. The second kappa shape index (κ2) is 10.2. The van der Waals surface area contributed by atoms with Crippen LogP contribution in [0.5, 0.6) is 0 Å². The van der Waals surface area contributed by atoms with Gasteiger partial charge in [0.05, 0.1) is 21.3 Å². The van der Waals surface area contributed by atoms with E-state index in [1.165, 1.54) is 27.5 Å². The Bertz CT molecular complexity index is 1170. The molecule has 0 saturated heterocycles. The van der Waals surface area contributed by atoms with Crippen molar-refractivity contribution >= 4 is 69.2 Å². The van der Waals surface area contributed by atoms with Crippen LogP contribution in [0.25, 0.3) is 0 Å². The molecule has 4 rings (SSSR count). The number of thioether (sulfide) groups is 1. The van der Waals surface area contributed by atoms with Crippen molar-refractivity contribution in [2.45, 2.75) is 33.8 Å². The van der Waals surface area contributed by atoms with E-state index in [-0.39, 0.29) is 5.25 Å². The lowest BCUT2D eigenvalue weighted by Gasteiger charge is -2.17. The van der Waals surface area contributed by atoms with Crippen LogP contribution in [0.2, 0.25) is 5.02 Å². The molecule has 0 bridgehead atoms. The van der Waals surface area contributed by atoms with Gasteiger partial charge in [0, 0.05) is 44.6 Å². The molecule has 1 aromatic carbocycles. The van der Waals surface area contributed by atoms with Gasteiger partial charge in [-0.15, -0.1) is 23.1 Å². The van der Waals surface area contributed by atoms with Gasteiger partial charge in [-0.3, -0.25) is 4.98 Å². The first-order chi connectivity index (χ1) is 15.0. The number of thiazole rings is 1. The zero-order valence-corrected chi connectivity index (χ0v) is 20.7. The van der Waals surface area contributed by atoms with Crippen LogP contribution in [-0.2, 0) is 0 Å². The minimum absolute atomic E-state index is 0.181. The van der Waals surface area contributed by atoms with Crippen molar-refractivity contribution in [3.63, 3.8) is 0 Å². The third-order valence-electron chi connectivity index (χ3n) is 4.24. The highest BCUT2D eigenvalue weighted by atomic mass is 35.5. The molecule has 158 valence electrons. The second-order valence-corrected chi connectivity index (χ2v) is 10.7. The zero-order chi connectivity index (χ0) is 21.8. The standard InChI is InChI=1S/C22H18Cl2N4S3/c1-14-13-29-22(27-14)28(24)21-20(31-19-9-4-3-7-17(19)23)11-16(12-26-21)30-15(2)18-8-5-6-10-25-18/h3-13,15H,1-2H3. The Morgan fingerprint density at radius 3 is 2.58 bits per heavy atom. The molecule has 0 radical (unpaired) electrons. The molecule has 0 amide bonds. The number of nitrogens with zero attached hydrogens (tertiary/aromatic N) is 4. The van der Waals surface area contributed by atoms with E-state index in [4.69, 9.17) is 28.4 Å². The number of anilines is 2. The minimum atomic E-state index is 0.181. The lowest BCUT2D eigenvalue weighted by atomic mass is 10.3. The summed E-state index contributed by atoms with van der Waals surface area (Å²) < 4.78 is 1.51. The Labute approximate surface area is 204 Å². The fourth-order valence-corrected chi connectivity index (χ4v) is 6.07. The Morgan fingerprint density at radius 2 is 1.87 bits per heavy atom. The fraction of sp³-hybridized carbons (Fsp3) is 0.136. The summed E-state index contributed by atoms with van der Waals surface area (Å²) >= 11 is 17.8. The van der Waals surface area contributed by atoms with Crippen molar-refractivity contribution in [2.24, 2.45) is 0 Å². The van der Waals surface area contributed by atoms with Crippen molar-refractivity contribution in [3.05, 3.63) is 82.7 Å². The predicted molar refractivity (Wildman–Crippen MR) is 133 cm³/mol. The van der Waals surface area contributed by atoms with E-state index in [2.05, 4.69) is 23.0 Å². The summed E-state index contributed by atoms with van der Waals surface area (Å²) in [4.78, 5) is 16.5. The van der Waals surface area contributed by atoms with Gasteiger partial charge in [0.2, 0.25) is 5.13 Å². The SMILES string of the molecule is Cc1csc(N(Cl)c2ncc(SC(C)c3ccccn3)cc2Sc2ccccc2Cl)n1. The lowest BCUT2D eigenvalue weighted by Crippen LogP contribution is -2.06. The van der Waals surface area contributed by atoms with Gasteiger partial charge in [-0.2, -0.15) is 0 Å². The summed E-state index contributed by atoms with van der Waals surface area (Å²) in [5.41, 5.74) is 1.94. The number of aryl methyl sites for hydroxylation is 1. The van der Waals surface area contributed by atoms with Gasteiger partial charge in [0.1, 0.15) is 0 Å². The van der Waals surface area contributed by atoms with Gasteiger partial charge in [0.15, 0.2) is 5.82 Å². The topological polar surface area (TPSA) is 41.9 Å². The highest BCUT2D eigenvalue weighted by molar-refractivity contribution is 8.00. The molecule has 4 aromatic rings. The maximum absolute atomic E-state index is 6.67. The van der Waals surface area contributed by atoms with Crippen molar-refractivity contribution in [1.82, 2.24) is 15.0 Å². The molecule has 1 atom stereocenters. The molecule has 0 aliphatic rings. The molecule has 0 aliphatic carbocycles. The molecule has 0 saturated carbocycles. The summed E-state index contributed by atoms with van der Waals surface area (Å²) in [7, 11) is 0. The number of aromatic nitrogens is 3. The van der Waals surface area contributed by atoms with E-state index in [9.17, 15) is 0 Å². The normalized spacial score (nSPS) is 12.0. The van der Waals surface area contributed by atoms with Gasteiger partial charge >= 0.3 is 0 Å². The summed E-state index contributed by atoms with van der Waals surface area (Å²) in [6.07, 6.45) is 3.65. The first kappa shape index (κ1) is 22.4. The highest BCUT2D eigenvalue weighted by Crippen LogP contribution is 2.44. The van der Waals surface area contributed by atoms with E-state index in [1.54, 1.807) is 11.8 Å². The smallest absolute Gasteiger partial charge is 0.206 e. The zero-order valence-electron chi connectivity index (χ0n) is 16.7. The Balaban J connectivity index is 1.68. The minimum Gasteiger partial charge on any atom is -0.260 e. The fourth-order valence-electron chi connectivity index (χ4n) is 2.76. The predicted octanol–water partition coefficient (Wildman–Crippen LogP) is 8.19. The van der Waals surface area contributed by atoms with Crippen LogP contribution in [0.15, 0.2) is 81.0 Å². The summed E-state index contributed by atoms with van der Waals surface area (Å²) in [5, 5.41) is 3.50.